The first-order valence-electron chi connectivity index (χ1n) is 6.36. The van der Waals surface area contributed by atoms with Crippen LogP contribution in [0.2, 0.25) is 0 Å². The van der Waals surface area contributed by atoms with Crippen molar-refractivity contribution in [2.75, 3.05) is 12.8 Å². The number of carbonyl (C=O) groups excluding carboxylic acids is 1. The van der Waals surface area contributed by atoms with E-state index in [0.29, 0.717) is 10.6 Å². The predicted molar refractivity (Wildman–Crippen MR) is 79.0 cm³/mol. The molecule has 6 heteroatoms. The van der Waals surface area contributed by atoms with Crippen molar-refractivity contribution in [2.45, 2.75) is 11.6 Å². The Balaban J connectivity index is 1.91. The van der Waals surface area contributed by atoms with Crippen LogP contribution in [0.3, 0.4) is 0 Å². The Bertz CT molecular complexity index is 637. The highest BCUT2D eigenvalue weighted by Crippen LogP contribution is 2.14. The molecule has 0 aliphatic carbocycles. The van der Waals surface area contributed by atoms with Crippen LogP contribution in [0.25, 0.3) is 0 Å². The maximum atomic E-state index is 13.5. The van der Waals surface area contributed by atoms with Crippen molar-refractivity contribution in [1.82, 2.24) is 4.90 Å². The second-order valence-corrected chi connectivity index (χ2v) is 5.49. The van der Waals surface area contributed by atoms with Crippen molar-refractivity contribution in [3.8, 4) is 0 Å². The van der Waals surface area contributed by atoms with E-state index in [-0.39, 0.29) is 24.0 Å². The van der Waals surface area contributed by atoms with Gasteiger partial charge in [-0.2, -0.15) is 4.73 Å². The molecule has 2 aromatic rings. The number of rotatable bonds is 5. The largest absolute Gasteiger partial charge is 0.618 e. The molecule has 1 aromatic carbocycles. The van der Waals surface area contributed by atoms with Gasteiger partial charge in [-0.15, -0.1) is 0 Å². The smallest absolute Gasteiger partial charge is 0.251 e. The third kappa shape index (κ3) is 4.19. The Morgan fingerprint density at radius 2 is 2.00 bits per heavy atom. The second kappa shape index (κ2) is 7.08. The van der Waals surface area contributed by atoms with Gasteiger partial charge in [-0.25, -0.2) is 4.39 Å². The number of pyridine rings is 1. The minimum atomic E-state index is -0.328. The maximum Gasteiger partial charge on any atom is 0.251 e. The predicted octanol–water partition coefficient (Wildman–Crippen LogP) is 2.21. The van der Waals surface area contributed by atoms with Crippen molar-refractivity contribution in [2.24, 2.45) is 0 Å². The molecular formula is C15H15FN2O2S. The zero-order valence-electron chi connectivity index (χ0n) is 11.5. The van der Waals surface area contributed by atoms with Crippen molar-refractivity contribution < 1.29 is 13.9 Å². The Labute approximate surface area is 126 Å². The molecule has 1 aromatic heterocycles. The molecule has 0 N–H and O–H groups in total. The summed E-state index contributed by atoms with van der Waals surface area (Å²) in [5, 5.41) is 11.9. The molecule has 0 aliphatic heterocycles. The van der Waals surface area contributed by atoms with E-state index in [1.807, 2.05) is 0 Å². The number of halogens is 1. The van der Waals surface area contributed by atoms with Gasteiger partial charge < -0.3 is 10.1 Å². The van der Waals surface area contributed by atoms with Crippen LogP contribution in [-0.2, 0) is 11.3 Å². The van der Waals surface area contributed by atoms with Crippen LogP contribution in [0.4, 0.5) is 4.39 Å². The molecule has 1 amide bonds. The minimum Gasteiger partial charge on any atom is -0.618 e. The topological polar surface area (TPSA) is 47.2 Å². The number of hydrogen-bond donors (Lipinski definition) is 0. The summed E-state index contributed by atoms with van der Waals surface area (Å²) in [7, 11) is 1.62. The van der Waals surface area contributed by atoms with Gasteiger partial charge in [-0.3, -0.25) is 4.79 Å². The summed E-state index contributed by atoms with van der Waals surface area (Å²) < 4.78 is 14.2. The number of benzene rings is 1. The number of carbonyl (C=O) groups is 1. The van der Waals surface area contributed by atoms with Gasteiger partial charge in [0.15, 0.2) is 6.20 Å². The summed E-state index contributed by atoms with van der Waals surface area (Å²) >= 11 is 1.16. The summed E-state index contributed by atoms with van der Waals surface area (Å²) in [5.74, 6) is -0.352. The number of hydrogen-bond acceptors (Lipinski definition) is 3. The molecule has 0 saturated heterocycles. The van der Waals surface area contributed by atoms with E-state index in [1.165, 1.54) is 17.2 Å². The van der Waals surface area contributed by atoms with Crippen LogP contribution in [-0.4, -0.2) is 23.6 Å². The van der Waals surface area contributed by atoms with Crippen LogP contribution >= 0.6 is 11.8 Å². The Morgan fingerprint density at radius 3 is 2.71 bits per heavy atom. The van der Waals surface area contributed by atoms with E-state index in [9.17, 15) is 14.4 Å². The minimum absolute atomic E-state index is 0.136. The van der Waals surface area contributed by atoms with Crippen LogP contribution in [0.5, 0.6) is 0 Å². The number of thioether (sulfide) groups is 1. The Hall–Kier alpha value is -2.08. The lowest BCUT2D eigenvalue weighted by molar-refractivity contribution is -0.645. The van der Waals surface area contributed by atoms with E-state index in [4.69, 9.17) is 0 Å². The number of nitrogens with zero attached hydrogens (tertiary/aromatic N) is 2. The Kier molecular flexibility index (Phi) is 5.16. The average Bonchev–Trinajstić information content (AvgIpc) is 2.48. The van der Waals surface area contributed by atoms with Crippen molar-refractivity contribution in [3.63, 3.8) is 0 Å². The monoisotopic (exact) mass is 306 g/mol. The lowest BCUT2D eigenvalue weighted by atomic mass is 10.2. The second-order valence-electron chi connectivity index (χ2n) is 4.49. The molecule has 0 saturated carbocycles. The fourth-order valence-corrected chi connectivity index (χ4v) is 2.60. The molecule has 0 radical (unpaired) electrons. The first-order valence-corrected chi connectivity index (χ1v) is 7.35. The number of aromatic nitrogens is 1. The van der Waals surface area contributed by atoms with Crippen LogP contribution in [0, 0.1) is 11.0 Å². The van der Waals surface area contributed by atoms with E-state index in [2.05, 4.69) is 0 Å². The van der Waals surface area contributed by atoms with Gasteiger partial charge in [0.05, 0.1) is 5.75 Å². The highest BCUT2D eigenvalue weighted by Gasteiger charge is 2.14. The molecule has 0 fully saturated rings. The molecule has 1 heterocycles. The van der Waals surface area contributed by atoms with Gasteiger partial charge >= 0.3 is 0 Å². The van der Waals surface area contributed by atoms with Crippen molar-refractivity contribution in [1.29, 1.82) is 0 Å². The fraction of sp³-hybridized carbons (Fsp3) is 0.200. The molecule has 0 bridgehead atoms. The highest BCUT2D eigenvalue weighted by molar-refractivity contribution is 7.99. The molecule has 110 valence electrons. The summed E-state index contributed by atoms with van der Waals surface area (Å²) in [4.78, 5) is 13.5. The quantitative estimate of drug-likeness (QED) is 0.483. The normalized spacial score (nSPS) is 10.4. The van der Waals surface area contributed by atoms with Gasteiger partial charge in [0, 0.05) is 31.3 Å². The first kappa shape index (κ1) is 15.3. The standard InChI is InChI=1S/C15H15FN2O2S/c1-17(10-12-6-2-3-7-13(12)16)14(19)11-21-15-8-4-5-9-18(15)20/h2-9H,10-11H2,1H3. The van der Waals surface area contributed by atoms with E-state index in [0.717, 1.165) is 16.5 Å². The number of amides is 1. The summed E-state index contributed by atoms with van der Waals surface area (Å²) in [6.45, 7) is 0.207. The molecule has 2 rings (SSSR count). The zero-order valence-corrected chi connectivity index (χ0v) is 12.3. The third-order valence-corrected chi connectivity index (χ3v) is 3.93. The van der Waals surface area contributed by atoms with Gasteiger partial charge in [0.1, 0.15) is 5.82 Å². The lowest BCUT2D eigenvalue weighted by Crippen LogP contribution is -2.31. The van der Waals surface area contributed by atoms with E-state index < -0.39 is 0 Å². The molecule has 0 spiro atoms. The van der Waals surface area contributed by atoms with Crippen LogP contribution < -0.4 is 4.73 Å². The zero-order chi connectivity index (χ0) is 15.2. The van der Waals surface area contributed by atoms with E-state index >= 15 is 0 Å². The summed E-state index contributed by atoms with van der Waals surface area (Å²) in [5.41, 5.74) is 0.469. The third-order valence-electron chi connectivity index (χ3n) is 2.92. The van der Waals surface area contributed by atoms with Crippen LogP contribution in [0.15, 0.2) is 53.7 Å². The average molecular weight is 306 g/mol. The highest BCUT2D eigenvalue weighted by atomic mass is 32.2. The summed E-state index contributed by atoms with van der Waals surface area (Å²) in [6, 6.07) is 11.4. The molecular weight excluding hydrogens is 291 g/mol. The fourth-order valence-electron chi connectivity index (χ4n) is 1.74. The Morgan fingerprint density at radius 1 is 1.29 bits per heavy atom. The van der Waals surface area contributed by atoms with Crippen molar-refractivity contribution in [3.05, 3.63) is 65.2 Å². The van der Waals surface area contributed by atoms with Gasteiger partial charge in [-0.1, -0.05) is 18.2 Å². The molecule has 0 aliphatic rings. The first-order chi connectivity index (χ1) is 10.1. The van der Waals surface area contributed by atoms with Gasteiger partial charge in [0.2, 0.25) is 5.91 Å². The molecule has 4 nitrogen and oxygen atoms in total. The molecule has 21 heavy (non-hydrogen) atoms. The SMILES string of the molecule is CN(Cc1ccccc1F)C(=O)CSc1cccc[n+]1[O-]. The molecule has 0 atom stereocenters. The van der Waals surface area contributed by atoms with Gasteiger partial charge in [0.25, 0.3) is 5.03 Å². The maximum absolute atomic E-state index is 13.5. The van der Waals surface area contributed by atoms with Crippen LogP contribution in [0.1, 0.15) is 5.56 Å². The van der Waals surface area contributed by atoms with E-state index in [1.54, 1.807) is 43.4 Å². The van der Waals surface area contributed by atoms with Gasteiger partial charge in [-0.05, 0) is 23.9 Å². The molecule has 0 unspecified atom stereocenters. The summed E-state index contributed by atoms with van der Waals surface area (Å²) in [6.07, 6.45) is 1.38. The van der Waals surface area contributed by atoms with Crippen molar-refractivity contribution >= 4 is 17.7 Å². The lowest BCUT2D eigenvalue weighted by Gasteiger charge is -2.17.